The van der Waals surface area contributed by atoms with Crippen LogP contribution in [0.3, 0.4) is 0 Å². The molecule has 3 rings (SSSR count). The zero-order valence-electron chi connectivity index (χ0n) is 23.5. The zero-order valence-corrected chi connectivity index (χ0v) is 25.8. The molecule has 11 heteroatoms. The quantitative estimate of drug-likeness (QED) is 0.284. The molecule has 8 nitrogen and oxygen atoms in total. The Kier molecular flexibility index (Phi) is 11.5. The van der Waals surface area contributed by atoms with Gasteiger partial charge in [0.05, 0.1) is 19.1 Å². The fourth-order valence-electron chi connectivity index (χ4n) is 4.22. The van der Waals surface area contributed by atoms with Crippen LogP contribution in [0.25, 0.3) is 0 Å². The topological polar surface area (TPSA) is 96.0 Å². The monoisotopic (exact) mass is 619 g/mol. The second kappa shape index (κ2) is 14.6. The van der Waals surface area contributed by atoms with Gasteiger partial charge in [-0.1, -0.05) is 79.5 Å². The van der Waals surface area contributed by atoms with Gasteiger partial charge < -0.3 is 15.0 Å². The molecule has 41 heavy (non-hydrogen) atoms. The average Bonchev–Trinajstić information content (AvgIpc) is 2.93. The highest BCUT2D eigenvalue weighted by molar-refractivity contribution is 7.92. The molecular weight excluding hydrogens is 585 g/mol. The van der Waals surface area contributed by atoms with E-state index in [2.05, 4.69) is 5.32 Å². The number of rotatable bonds is 13. The van der Waals surface area contributed by atoms with E-state index < -0.39 is 28.5 Å². The van der Waals surface area contributed by atoms with Crippen LogP contribution in [0.5, 0.6) is 5.75 Å². The molecule has 0 radical (unpaired) electrons. The zero-order chi connectivity index (χ0) is 30.2. The Morgan fingerprint density at radius 2 is 1.56 bits per heavy atom. The third kappa shape index (κ3) is 9.38. The molecule has 0 aliphatic rings. The second-order valence-electron chi connectivity index (χ2n) is 10.1. The Morgan fingerprint density at radius 3 is 2.15 bits per heavy atom. The largest absolute Gasteiger partial charge is 0.495 e. The van der Waals surface area contributed by atoms with Crippen molar-refractivity contribution in [1.82, 2.24) is 10.2 Å². The Balaban J connectivity index is 2.08. The van der Waals surface area contributed by atoms with Crippen LogP contribution in [0, 0.1) is 5.92 Å². The molecular formula is C30H35Cl2N3O5S. The molecule has 0 aliphatic heterocycles. The number of carbonyl (C=O) groups excluding carboxylic acids is 2. The summed E-state index contributed by atoms with van der Waals surface area (Å²) in [6.45, 7) is 3.85. The summed E-state index contributed by atoms with van der Waals surface area (Å²) in [5.41, 5.74) is 1.69. The van der Waals surface area contributed by atoms with Gasteiger partial charge in [0.2, 0.25) is 21.8 Å². The Labute approximate surface area is 252 Å². The Bertz CT molecular complexity index is 1430. The molecule has 0 aliphatic carbocycles. The molecule has 3 aromatic carbocycles. The predicted molar refractivity (Wildman–Crippen MR) is 164 cm³/mol. The first-order chi connectivity index (χ1) is 19.4. The second-order valence-corrected chi connectivity index (χ2v) is 12.9. The van der Waals surface area contributed by atoms with E-state index in [1.54, 1.807) is 30.3 Å². The Hall–Kier alpha value is -3.27. The lowest BCUT2D eigenvalue weighted by atomic mass is 10.0. The summed E-state index contributed by atoms with van der Waals surface area (Å²) >= 11 is 12.3. The summed E-state index contributed by atoms with van der Waals surface area (Å²) in [6, 6.07) is 19.9. The van der Waals surface area contributed by atoms with Crippen LogP contribution >= 0.6 is 23.2 Å². The van der Waals surface area contributed by atoms with E-state index in [0.29, 0.717) is 11.6 Å². The SMILES string of the molecule is COc1ccc(Cl)cc1N(CC(=O)N(Cc1ccc(Cl)cc1)C(Cc1ccccc1)C(=O)NCC(C)C)S(C)(=O)=O. The molecule has 0 aromatic heterocycles. The lowest BCUT2D eigenvalue weighted by Gasteiger charge is -2.34. The van der Waals surface area contributed by atoms with E-state index in [0.717, 1.165) is 21.7 Å². The number of carbonyl (C=O) groups is 2. The summed E-state index contributed by atoms with van der Waals surface area (Å²) in [7, 11) is -2.57. The van der Waals surface area contributed by atoms with E-state index >= 15 is 0 Å². The van der Waals surface area contributed by atoms with E-state index in [1.807, 2.05) is 44.2 Å². The van der Waals surface area contributed by atoms with Crippen molar-refractivity contribution in [2.75, 3.05) is 30.8 Å². The maximum Gasteiger partial charge on any atom is 0.244 e. The van der Waals surface area contributed by atoms with Crippen molar-refractivity contribution in [3.05, 3.63) is 94.0 Å². The van der Waals surface area contributed by atoms with Crippen LogP contribution in [0.1, 0.15) is 25.0 Å². The molecule has 3 aromatic rings. The average molecular weight is 621 g/mol. The molecule has 0 bridgehead atoms. The van der Waals surface area contributed by atoms with Crippen LogP contribution in [-0.2, 0) is 32.6 Å². The first-order valence-electron chi connectivity index (χ1n) is 13.1. The lowest BCUT2D eigenvalue weighted by Crippen LogP contribution is -2.53. The van der Waals surface area contributed by atoms with Crippen molar-refractivity contribution < 1.29 is 22.7 Å². The summed E-state index contributed by atoms with van der Waals surface area (Å²) in [5, 5.41) is 3.75. The van der Waals surface area contributed by atoms with E-state index in [1.165, 1.54) is 24.1 Å². The van der Waals surface area contributed by atoms with Crippen LogP contribution in [-0.4, -0.2) is 57.6 Å². The number of ether oxygens (including phenoxy) is 1. The summed E-state index contributed by atoms with van der Waals surface area (Å²) < 4.78 is 32.3. The van der Waals surface area contributed by atoms with Crippen molar-refractivity contribution in [1.29, 1.82) is 0 Å². The van der Waals surface area contributed by atoms with Gasteiger partial charge in [-0.25, -0.2) is 8.42 Å². The van der Waals surface area contributed by atoms with Crippen LogP contribution in [0.4, 0.5) is 5.69 Å². The highest BCUT2D eigenvalue weighted by atomic mass is 35.5. The third-order valence-corrected chi connectivity index (χ3v) is 7.92. The molecule has 0 saturated carbocycles. The molecule has 0 saturated heterocycles. The van der Waals surface area contributed by atoms with Crippen molar-refractivity contribution in [2.45, 2.75) is 32.9 Å². The fourth-order valence-corrected chi connectivity index (χ4v) is 5.35. The number of halogens is 2. The van der Waals surface area contributed by atoms with Gasteiger partial charge in [-0.2, -0.15) is 0 Å². The molecule has 1 N–H and O–H groups in total. The molecule has 0 spiro atoms. The van der Waals surface area contributed by atoms with E-state index in [9.17, 15) is 18.0 Å². The van der Waals surface area contributed by atoms with Crippen molar-refractivity contribution >= 4 is 50.7 Å². The van der Waals surface area contributed by atoms with Crippen molar-refractivity contribution in [2.24, 2.45) is 5.92 Å². The van der Waals surface area contributed by atoms with Gasteiger partial charge in [-0.15, -0.1) is 0 Å². The summed E-state index contributed by atoms with van der Waals surface area (Å²) in [5.74, 6) is -0.496. The number of hydrogen-bond acceptors (Lipinski definition) is 5. The van der Waals surface area contributed by atoms with Crippen LogP contribution in [0.2, 0.25) is 10.0 Å². The van der Waals surface area contributed by atoms with Gasteiger partial charge in [0.1, 0.15) is 18.3 Å². The fraction of sp³-hybridized carbons (Fsp3) is 0.333. The molecule has 1 atom stereocenters. The van der Waals surface area contributed by atoms with Crippen molar-refractivity contribution in [3.63, 3.8) is 0 Å². The predicted octanol–water partition coefficient (Wildman–Crippen LogP) is 5.18. The smallest absolute Gasteiger partial charge is 0.244 e. The van der Waals surface area contributed by atoms with Gasteiger partial charge in [-0.3, -0.25) is 13.9 Å². The normalized spacial score (nSPS) is 12.1. The van der Waals surface area contributed by atoms with Gasteiger partial charge in [0, 0.05) is 29.6 Å². The highest BCUT2D eigenvalue weighted by Gasteiger charge is 2.33. The number of sulfonamides is 1. The van der Waals surface area contributed by atoms with Gasteiger partial charge in [0.15, 0.2) is 0 Å². The molecule has 1 unspecified atom stereocenters. The molecule has 0 heterocycles. The summed E-state index contributed by atoms with van der Waals surface area (Å²) in [6.07, 6.45) is 1.23. The van der Waals surface area contributed by atoms with Gasteiger partial charge >= 0.3 is 0 Å². The first kappa shape index (κ1) is 32.2. The first-order valence-corrected chi connectivity index (χ1v) is 15.7. The Morgan fingerprint density at radius 1 is 0.927 bits per heavy atom. The van der Waals surface area contributed by atoms with Crippen molar-refractivity contribution in [3.8, 4) is 5.75 Å². The molecule has 2 amide bonds. The minimum absolute atomic E-state index is 0.0485. The summed E-state index contributed by atoms with van der Waals surface area (Å²) in [4.78, 5) is 29.2. The number of anilines is 1. The van der Waals surface area contributed by atoms with E-state index in [-0.39, 0.29) is 41.3 Å². The maximum absolute atomic E-state index is 14.1. The standard InChI is InChI=1S/C30H35Cl2N3O5S/c1-21(2)18-33-30(37)27(16-22-8-6-5-7-9-22)34(19-23-10-12-24(31)13-11-23)29(36)20-35(41(4,38)39)26-17-25(32)14-15-28(26)40-3/h5-15,17,21,27H,16,18-20H2,1-4H3,(H,33,37). The van der Waals surface area contributed by atoms with E-state index in [4.69, 9.17) is 27.9 Å². The number of hydrogen-bond donors (Lipinski definition) is 1. The highest BCUT2D eigenvalue weighted by Crippen LogP contribution is 2.33. The molecule has 220 valence electrons. The minimum Gasteiger partial charge on any atom is -0.495 e. The third-order valence-electron chi connectivity index (χ3n) is 6.31. The van der Waals surface area contributed by atoms with Crippen LogP contribution in [0.15, 0.2) is 72.8 Å². The number of nitrogens with zero attached hydrogens (tertiary/aromatic N) is 2. The number of benzene rings is 3. The van der Waals surface area contributed by atoms with Gasteiger partial charge in [0.25, 0.3) is 0 Å². The number of amides is 2. The number of methoxy groups -OCH3 is 1. The minimum atomic E-state index is -3.97. The molecule has 0 fully saturated rings. The van der Waals surface area contributed by atoms with Gasteiger partial charge in [-0.05, 0) is 47.4 Å². The van der Waals surface area contributed by atoms with Crippen LogP contribution < -0.4 is 14.4 Å². The maximum atomic E-state index is 14.1. The lowest BCUT2D eigenvalue weighted by molar-refractivity contribution is -0.140. The number of nitrogens with one attached hydrogen (secondary N) is 1.